The van der Waals surface area contributed by atoms with Gasteiger partial charge < -0.3 is 5.32 Å². The lowest BCUT2D eigenvalue weighted by atomic mass is 9.85. The van der Waals surface area contributed by atoms with Gasteiger partial charge in [-0.15, -0.1) is 12.4 Å². The minimum atomic E-state index is -1.30. The maximum absolute atomic E-state index is 15.3. The molecule has 170 valence electrons. The quantitative estimate of drug-likeness (QED) is 0.496. The second-order valence-electron chi connectivity index (χ2n) is 7.78. The molecule has 31 heavy (non-hydrogen) atoms. The standard InChI is InChI=1S/C21H24F4N4O.ClH/c22-6-12-3-4-13(15(8-24)14(12)7-23)21-16(25)2-1-5-29(21)19-10-26-9-17-20(19)18(11-30)28-27-17;/h3-4,11,16,19,21,26H,1-2,5-10H2,(H,27,28);1H. The molecule has 0 bridgehead atoms. The molecule has 1 saturated heterocycles. The van der Waals surface area contributed by atoms with Crippen molar-refractivity contribution in [1.29, 1.82) is 0 Å². The molecule has 1 fully saturated rings. The Kier molecular flexibility index (Phi) is 7.72. The Hall–Kier alpha value is -1.97. The number of halogens is 5. The number of hydrogen-bond donors (Lipinski definition) is 2. The van der Waals surface area contributed by atoms with Crippen LogP contribution in [-0.2, 0) is 26.6 Å². The highest BCUT2D eigenvalue weighted by Gasteiger charge is 2.41. The first-order valence-electron chi connectivity index (χ1n) is 10.1. The number of aldehydes is 1. The smallest absolute Gasteiger partial charge is 0.170 e. The maximum atomic E-state index is 15.3. The van der Waals surface area contributed by atoms with Gasteiger partial charge in [-0.3, -0.25) is 14.8 Å². The number of carbonyl (C=O) groups is 1. The average molecular weight is 461 g/mol. The molecule has 2 aliphatic rings. The summed E-state index contributed by atoms with van der Waals surface area (Å²) in [5, 5.41) is 10.2. The van der Waals surface area contributed by atoms with Crippen molar-refractivity contribution in [2.45, 2.75) is 57.7 Å². The van der Waals surface area contributed by atoms with E-state index in [1.165, 1.54) is 12.1 Å². The third kappa shape index (κ3) is 4.10. The Balaban J connectivity index is 0.00000272. The zero-order valence-electron chi connectivity index (χ0n) is 16.8. The third-order valence-corrected chi connectivity index (χ3v) is 6.29. The van der Waals surface area contributed by atoms with Crippen molar-refractivity contribution in [3.63, 3.8) is 0 Å². The van der Waals surface area contributed by atoms with Crippen LogP contribution in [0.25, 0.3) is 0 Å². The van der Waals surface area contributed by atoms with Gasteiger partial charge in [0.15, 0.2) is 6.29 Å². The number of carbonyl (C=O) groups excluding carboxylic acids is 1. The van der Waals surface area contributed by atoms with Gasteiger partial charge in [0.2, 0.25) is 0 Å². The third-order valence-electron chi connectivity index (χ3n) is 6.29. The zero-order chi connectivity index (χ0) is 21.3. The molecule has 5 nitrogen and oxygen atoms in total. The van der Waals surface area contributed by atoms with Crippen molar-refractivity contribution < 1.29 is 22.4 Å². The van der Waals surface area contributed by atoms with Gasteiger partial charge in [0, 0.05) is 18.7 Å². The predicted octanol–water partition coefficient (Wildman–Crippen LogP) is 4.37. The van der Waals surface area contributed by atoms with E-state index in [-0.39, 0.29) is 40.8 Å². The molecule has 0 saturated carbocycles. The summed E-state index contributed by atoms with van der Waals surface area (Å²) in [6.45, 7) is -1.41. The number of piperidine rings is 1. The lowest BCUT2D eigenvalue weighted by Gasteiger charge is -2.45. The Morgan fingerprint density at radius 1 is 1.16 bits per heavy atom. The maximum Gasteiger partial charge on any atom is 0.170 e. The lowest BCUT2D eigenvalue weighted by molar-refractivity contribution is 0.0257. The van der Waals surface area contributed by atoms with E-state index in [4.69, 9.17) is 0 Å². The summed E-state index contributed by atoms with van der Waals surface area (Å²) in [5.41, 5.74) is 2.18. The number of aromatic nitrogens is 2. The SMILES string of the molecule is Cl.O=Cc1n[nH]c2c1C(N1CCCC(F)C1c1ccc(CF)c(CF)c1CF)CNC2. The summed E-state index contributed by atoms with van der Waals surface area (Å²) in [7, 11) is 0. The highest BCUT2D eigenvalue weighted by molar-refractivity contribution is 5.85. The number of H-pyrrole nitrogens is 1. The van der Waals surface area contributed by atoms with Gasteiger partial charge in [0.25, 0.3) is 0 Å². The summed E-state index contributed by atoms with van der Waals surface area (Å²) < 4.78 is 56.3. The number of nitrogens with zero attached hydrogens (tertiary/aromatic N) is 2. The van der Waals surface area contributed by atoms with Crippen LogP contribution in [0.4, 0.5) is 17.6 Å². The van der Waals surface area contributed by atoms with E-state index < -0.39 is 32.2 Å². The van der Waals surface area contributed by atoms with E-state index in [1.54, 1.807) is 0 Å². The Morgan fingerprint density at radius 2 is 1.94 bits per heavy atom. The van der Waals surface area contributed by atoms with E-state index in [0.29, 0.717) is 44.3 Å². The van der Waals surface area contributed by atoms with Gasteiger partial charge in [0.1, 0.15) is 31.9 Å². The number of fused-ring (bicyclic) bond motifs is 1. The summed E-state index contributed by atoms with van der Waals surface area (Å²) >= 11 is 0. The molecule has 4 rings (SSSR count). The number of nitrogens with one attached hydrogen (secondary N) is 2. The number of rotatable bonds is 6. The van der Waals surface area contributed by atoms with E-state index in [0.717, 1.165) is 11.3 Å². The van der Waals surface area contributed by atoms with Crippen LogP contribution in [0.15, 0.2) is 12.1 Å². The highest BCUT2D eigenvalue weighted by atomic mass is 35.5. The number of benzene rings is 1. The minimum Gasteiger partial charge on any atom is -0.309 e. The molecule has 3 atom stereocenters. The average Bonchev–Trinajstić information content (AvgIpc) is 3.21. The first-order chi connectivity index (χ1) is 14.6. The number of alkyl halides is 4. The molecule has 2 aliphatic heterocycles. The first-order valence-corrected chi connectivity index (χ1v) is 10.1. The van der Waals surface area contributed by atoms with Crippen LogP contribution in [0, 0.1) is 0 Å². The zero-order valence-corrected chi connectivity index (χ0v) is 17.7. The minimum absolute atomic E-state index is 0. The van der Waals surface area contributed by atoms with Crippen LogP contribution in [0.5, 0.6) is 0 Å². The van der Waals surface area contributed by atoms with Crippen LogP contribution in [0.2, 0.25) is 0 Å². The van der Waals surface area contributed by atoms with Gasteiger partial charge in [-0.05, 0) is 41.6 Å². The Labute approximate surface area is 184 Å². The summed E-state index contributed by atoms with van der Waals surface area (Å²) in [4.78, 5) is 13.4. The van der Waals surface area contributed by atoms with Gasteiger partial charge in [0.05, 0.1) is 17.8 Å². The van der Waals surface area contributed by atoms with E-state index in [9.17, 15) is 18.0 Å². The summed E-state index contributed by atoms with van der Waals surface area (Å²) in [6.07, 6.45) is 0.261. The van der Waals surface area contributed by atoms with Gasteiger partial charge in [-0.1, -0.05) is 12.1 Å². The number of aromatic amines is 1. The number of hydrogen-bond acceptors (Lipinski definition) is 4. The van der Waals surface area contributed by atoms with Crippen LogP contribution in [-0.4, -0.2) is 40.6 Å². The monoisotopic (exact) mass is 460 g/mol. The van der Waals surface area contributed by atoms with Gasteiger partial charge in [-0.2, -0.15) is 5.10 Å². The molecule has 0 radical (unpaired) electrons. The normalized spacial score (nSPS) is 23.8. The van der Waals surface area contributed by atoms with E-state index in [2.05, 4.69) is 15.5 Å². The molecule has 3 heterocycles. The highest BCUT2D eigenvalue weighted by Crippen LogP contribution is 2.43. The molecule has 1 aromatic heterocycles. The van der Waals surface area contributed by atoms with Crippen LogP contribution >= 0.6 is 12.4 Å². The Bertz CT molecular complexity index is 925. The van der Waals surface area contributed by atoms with Gasteiger partial charge in [-0.25, -0.2) is 17.6 Å². The predicted molar refractivity (Wildman–Crippen MR) is 110 cm³/mol. The number of likely N-dealkylation sites (tertiary alicyclic amines) is 1. The summed E-state index contributed by atoms with van der Waals surface area (Å²) in [5.74, 6) is 0. The molecule has 0 amide bonds. The second kappa shape index (κ2) is 10.1. The second-order valence-corrected chi connectivity index (χ2v) is 7.78. The van der Waals surface area contributed by atoms with E-state index in [1.807, 2.05) is 4.90 Å². The molecule has 0 aliphatic carbocycles. The fourth-order valence-electron chi connectivity index (χ4n) is 4.90. The largest absolute Gasteiger partial charge is 0.309 e. The van der Waals surface area contributed by atoms with Gasteiger partial charge >= 0.3 is 0 Å². The van der Waals surface area contributed by atoms with Crippen LogP contribution in [0.1, 0.15) is 68.9 Å². The van der Waals surface area contributed by atoms with Crippen molar-refractivity contribution in [3.8, 4) is 0 Å². The first kappa shape index (κ1) is 23.7. The van der Waals surface area contributed by atoms with E-state index >= 15 is 4.39 Å². The summed E-state index contributed by atoms with van der Waals surface area (Å²) in [6, 6.07) is 1.77. The molecule has 1 aromatic carbocycles. The van der Waals surface area contributed by atoms with Crippen molar-refractivity contribution >= 4 is 18.7 Å². The van der Waals surface area contributed by atoms with Crippen molar-refractivity contribution in [3.05, 3.63) is 51.3 Å². The topological polar surface area (TPSA) is 61.0 Å². The molecule has 3 unspecified atom stereocenters. The molecule has 10 heteroatoms. The fourth-order valence-corrected chi connectivity index (χ4v) is 4.90. The van der Waals surface area contributed by atoms with Crippen molar-refractivity contribution in [2.24, 2.45) is 0 Å². The fraction of sp³-hybridized carbons (Fsp3) is 0.524. The molecule has 2 aromatic rings. The van der Waals surface area contributed by atoms with Crippen LogP contribution in [0.3, 0.4) is 0 Å². The van der Waals surface area contributed by atoms with Crippen LogP contribution < -0.4 is 5.32 Å². The Morgan fingerprint density at radius 3 is 2.61 bits per heavy atom. The van der Waals surface area contributed by atoms with Crippen molar-refractivity contribution in [2.75, 3.05) is 13.1 Å². The molecular weight excluding hydrogens is 436 g/mol. The molecular formula is C21H25ClF4N4O. The molecule has 2 N–H and O–H groups in total. The lowest BCUT2D eigenvalue weighted by Crippen LogP contribution is -2.47. The molecule has 0 spiro atoms. The van der Waals surface area contributed by atoms with Crippen molar-refractivity contribution in [1.82, 2.24) is 20.4 Å².